The number of pyridine rings is 1. The van der Waals surface area contributed by atoms with E-state index < -0.39 is 0 Å². The van der Waals surface area contributed by atoms with Crippen molar-refractivity contribution in [3.05, 3.63) is 40.5 Å². The van der Waals surface area contributed by atoms with Gasteiger partial charge in [0.2, 0.25) is 0 Å². The summed E-state index contributed by atoms with van der Waals surface area (Å²) in [6, 6.07) is 1.92. The zero-order valence-electron chi connectivity index (χ0n) is 13.2. The molecule has 0 spiro atoms. The third-order valence-corrected chi connectivity index (χ3v) is 4.29. The molecular formula is C16H22N4O3. The van der Waals surface area contributed by atoms with Crippen LogP contribution in [0.1, 0.15) is 34.6 Å². The third-order valence-electron chi connectivity index (χ3n) is 4.29. The number of rotatable bonds is 4. The van der Waals surface area contributed by atoms with Gasteiger partial charge in [-0.2, -0.15) is 5.10 Å². The number of aliphatic hydroxyl groups is 2. The number of aliphatic hydroxyl groups excluding tert-OH is 2. The third kappa shape index (κ3) is 3.21. The molecule has 0 saturated carbocycles. The number of fused-ring (bicyclic) bond motifs is 1. The van der Waals surface area contributed by atoms with Gasteiger partial charge >= 0.3 is 0 Å². The van der Waals surface area contributed by atoms with Crippen molar-refractivity contribution in [2.75, 3.05) is 6.54 Å². The van der Waals surface area contributed by atoms with Gasteiger partial charge in [0.1, 0.15) is 5.75 Å². The van der Waals surface area contributed by atoms with E-state index in [2.05, 4.69) is 15.0 Å². The molecular weight excluding hydrogens is 296 g/mol. The summed E-state index contributed by atoms with van der Waals surface area (Å²) in [6.45, 7) is 4.49. The molecule has 23 heavy (non-hydrogen) atoms. The summed E-state index contributed by atoms with van der Waals surface area (Å²) in [4.78, 5) is 6.32. The first-order valence-corrected chi connectivity index (χ1v) is 7.78. The maximum absolute atomic E-state index is 10.3. The zero-order chi connectivity index (χ0) is 16.4. The average molecular weight is 318 g/mol. The summed E-state index contributed by atoms with van der Waals surface area (Å²) in [6.07, 6.45) is 2.56. The van der Waals surface area contributed by atoms with Crippen molar-refractivity contribution in [2.45, 2.75) is 46.2 Å². The van der Waals surface area contributed by atoms with E-state index in [9.17, 15) is 15.3 Å². The molecule has 0 unspecified atom stereocenters. The summed E-state index contributed by atoms with van der Waals surface area (Å²) in [5.41, 5.74) is 3.69. The van der Waals surface area contributed by atoms with E-state index in [1.165, 1.54) is 0 Å². The zero-order valence-corrected chi connectivity index (χ0v) is 13.2. The Kier molecular flexibility index (Phi) is 4.61. The van der Waals surface area contributed by atoms with E-state index in [0.717, 1.165) is 30.8 Å². The van der Waals surface area contributed by atoms with Crippen LogP contribution < -0.4 is 0 Å². The van der Waals surface area contributed by atoms with Gasteiger partial charge in [0, 0.05) is 43.5 Å². The number of hydrogen-bond acceptors (Lipinski definition) is 6. The van der Waals surface area contributed by atoms with Gasteiger partial charge in [0.15, 0.2) is 0 Å². The van der Waals surface area contributed by atoms with E-state index in [0.29, 0.717) is 30.0 Å². The van der Waals surface area contributed by atoms with Crippen LogP contribution >= 0.6 is 0 Å². The molecule has 0 atom stereocenters. The van der Waals surface area contributed by atoms with Crippen molar-refractivity contribution in [1.29, 1.82) is 0 Å². The summed E-state index contributed by atoms with van der Waals surface area (Å²) in [5, 5.41) is 33.4. The number of aromatic nitrogens is 3. The highest BCUT2D eigenvalue weighted by atomic mass is 16.3. The van der Waals surface area contributed by atoms with Crippen molar-refractivity contribution in [3.8, 4) is 5.75 Å². The Labute approximate surface area is 134 Å². The van der Waals surface area contributed by atoms with E-state index in [1.807, 2.05) is 10.7 Å². The Bertz CT molecular complexity index is 699. The van der Waals surface area contributed by atoms with Gasteiger partial charge in [0.25, 0.3) is 0 Å². The Hall–Kier alpha value is -1.96. The molecule has 0 radical (unpaired) electrons. The Balaban J connectivity index is 1.84. The van der Waals surface area contributed by atoms with Crippen LogP contribution in [0.5, 0.6) is 5.75 Å². The molecule has 7 heteroatoms. The predicted molar refractivity (Wildman–Crippen MR) is 83.4 cm³/mol. The average Bonchev–Trinajstić information content (AvgIpc) is 2.84. The highest BCUT2D eigenvalue weighted by Gasteiger charge is 2.20. The van der Waals surface area contributed by atoms with Gasteiger partial charge in [0.05, 0.1) is 30.3 Å². The van der Waals surface area contributed by atoms with Gasteiger partial charge in [-0.1, -0.05) is 0 Å². The van der Waals surface area contributed by atoms with Crippen LogP contribution in [0.25, 0.3) is 0 Å². The van der Waals surface area contributed by atoms with Crippen LogP contribution in [0.2, 0.25) is 0 Å². The lowest BCUT2D eigenvalue weighted by atomic mass is 10.1. The first-order chi connectivity index (χ1) is 11.1. The van der Waals surface area contributed by atoms with Crippen molar-refractivity contribution >= 4 is 0 Å². The fourth-order valence-corrected chi connectivity index (χ4v) is 3.02. The van der Waals surface area contributed by atoms with Crippen LogP contribution in [0.4, 0.5) is 0 Å². The van der Waals surface area contributed by atoms with Crippen LogP contribution in [0.3, 0.4) is 0 Å². The molecule has 3 N–H and O–H groups in total. The fourth-order valence-electron chi connectivity index (χ4n) is 3.02. The van der Waals surface area contributed by atoms with Crippen molar-refractivity contribution in [3.63, 3.8) is 0 Å². The van der Waals surface area contributed by atoms with Gasteiger partial charge in [-0.05, 0) is 19.4 Å². The van der Waals surface area contributed by atoms with Crippen molar-refractivity contribution in [2.24, 2.45) is 0 Å². The first-order valence-electron chi connectivity index (χ1n) is 7.78. The molecule has 0 aromatic carbocycles. The summed E-state index contributed by atoms with van der Waals surface area (Å²) in [5.74, 6) is 0.158. The molecule has 7 nitrogen and oxygen atoms in total. The molecule has 3 rings (SSSR count). The molecule has 0 fully saturated rings. The van der Waals surface area contributed by atoms with Crippen molar-refractivity contribution < 1.29 is 15.3 Å². The molecule has 1 aliphatic rings. The fraction of sp³-hybridized carbons (Fsp3) is 0.500. The smallest absolute Gasteiger partial charge is 0.141 e. The highest BCUT2D eigenvalue weighted by Crippen LogP contribution is 2.27. The largest absolute Gasteiger partial charge is 0.506 e. The van der Waals surface area contributed by atoms with Gasteiger partial charge in [-0.25, -0.2) is 0 Å². The van der Waals surface area contributed by atoms with Gasteiger partial charge in [-0.3, -0.25) is 14.6 Å². The van der Waals surface area contributed by atoms with Crippen LogP contribution in [0, 0.1) is 6.92 Å². The van der Waals surface area contributed by atoms with E-state index in [1.54, 1.807) is 13.1 Å². The Morgan fingerprint density at radius 2 is 2.04 bits per heavy atom. The molecule has 2 aromatic heterocycles. The quantitative estimate of drug-likeness (QED) is 0.767. The van der Waals surface area contributed by atoms with Gasteiger partial charge in [-0.15, -0.1) is 0 Å². The lowest BCUT2D eigenvalue weighted by Crippen LogP contribution is -2.23. The second kappa shape index (κ2) is 6.66. The summed E-state index contributed by atoms with van der Waals surface area (Å²) >= 11 is 0. The highest BCUT2D eigenvalue weighted by molar-refractivity contribution is 5.40. The normalized spacial score (nSPS) is 15.4. The molecule has 0 amide bonds. The second-order valence-electron chi connectivity index (χ2n) is 5.93. The minimum atomic E-state index is -0.142. The number of hydrogen-bond donors (Lipinski definition) is 3. The minimum absolute atomic E-state index is 0.0565. The van der Waals surface area contributed by atoms with Gasteiger partial charge < -0.3 is 15.3 Å². The molecule has 0 saturated heterocycles. The van der Waals surface area contributed by atoms with E-state index in [-0.39, 0.29) is 19.0 Å². The summed E-state index contributed by atoms with van der Waals surface area (Å²) < 4.78 is 1.94. The molecule has 1 aliphatic heterocycles. The SMILES string of the molecule is Cc1ncc(CO)c(CN2CCCn3nc(CO)cc3C2)c1O. The predicted octanol–water partition coefficient (Wildman–Crippen LogP) is 0.683. The molecule has 124 valence electrons. The molecule has 0 aliphatic carbocycles. The molecule has 2 aromatic rings. The molecule has 3 heterocycles. The topological polar surface area (TPSA) is 94.6 Å². The maximum atomic E-state index is 10.3. The lowest BCUT2D eigenvalue weighted by Gasteiger charge is -2.22. The van der Waals surface area contributed by atoms with E-state index >= 15 is 0 Å². The number of aryl methyl sites for hydroxylation is 2. The van der Waals surface area contributed by atoms with Crippen LogP contribution in [-0.4, -0.2) is 41.5 Å². The van der Waals surface area contributed by atoms with E-state index in [4.69, 9.17) is 0 Å². The lowest BCUT2D eigenvalue weighted by molar-refractivity contribution is 0.246. The summed E-state index contributed by atoms with van der Waals surface area (Å²) in [7, 11) is 0. The Morgan fingerprint density at radius 1 is 1.22 bits per heavy atom. The Morgan fingerprint density at radius 3 is 2.78 bits per heavy atom. The standard InChI is InChI=1S/C16H22N4O3/c1-11-16(23)15(12(9-21)6-17-11)8-19-3-2-4-20-14(7-19)5-13(10-22)18-20/h5-6,21-23H,2-4,7-10H2,1H3. The second-order valence-corrected chi connectivity index (χ2v) is 5.93. The van der Waals surface area contributed by atoms with Crippen LogP contribution in [-0.2, 0) is 32.8 Å². The number of nitrogens with zero attached hydrogens (tertiary/aromatic N) is 4. The monoisotopic (exact) mass is 318 g/mol. The van der Waals surface area contributed by atoms with Crippen LogP contribution in [0.15, 0.2) is 12.3 Å². The first kappa shape index (κ1) is 15.9. The number of aromatic hydroxyl groups is 1. The maximum Gasteiger partial charge on any atom is 0.141 e. The minimum Gasteiger partial charge on any atom is -0.506 e. The molecule has 0 bridgehead atoms. The van der Waals surface area contributed by atoms with Crippen molar-refractivity contribution in [1.82, 2.24) is 19.7 Å².